The van der Waals surface area contributed by atoms with Crippen LogP contribution in [0.1, 0.15) is 42.7 Å². The molecular formula is C23H25N3O3S. The van der Waals surface area contributed by atoms with E-state index in [1.807, 2.05) is 35.2 Å². The van der Waals surface area contributed by atoms with Crippen molar-refractivity contribution in [3.63, 3.8) is 0 Å². The fourth-order valence-corrected chi connectivity index (χ4v) is 5.33. The molecule has 6 nitrogen and oxygen atoms in total. The van der Waals surface area contributed by atoms with Gasteiger partial charge in [0.2, 0.25) is 5.91 Å². The van der Waals surface area contributed by atoms with Crippen molar-refractivity contribution in [1.29, 1.82) is 0 Å². The van der Waals surface area contributed by atoms with Gasteiger partial charge in [0.05, 0.1) is 10.2 Å². The molecule has 2 aliphatic heterocycles. The van der Waals surface area contributed by atoms with E-state index in [2.05, 4.69) is 4.98 Å². The minimum atomic E-state index is -0.105. The molecule has 0 unspecified atom stereocenters. The Labute approximate surface area is 179 Å². The summed E-state index contributed by atoms with van der Waals surface area (Å²) in [6.45, 7) is 2.97. The zero-order valence-corrected chi connectivity index (χ0v) is 17.7. The van der Waals surface area contributed by atoms with Gasteiger partial charge in [-0.2, -0.15) is 0 Å². The van der Waals surface area contributed by atoms with E-state index in [9.17, 15) is 9.59 Å². The molecule has 1 aromatic carbocycles. The summed E-state index contributed by atoms with van der Waals surface area (Å²) in [7, 11) is 0. The number of para-hydroxylation sites is 1. The Morgan fingerprint density at radius 1 is 0.933 bits per heavy atom. The number of benzene rings is 1. The first-order valence-electron chi connectivity index (χ1n) is 10.7. The molecule has 0 spiro atoms. The normalized spacial score (nSPS) is 18.1. The minimum absolute atomic E-state index is 0.0436. The summed E-state index contributed by atoms with van der Waals surface area (Å²) in [5.74, 6) is 1.17. The van der Waals surface area contributed by atoms with Gasteiger partial charge in [0.1, 0.15) is 0 Å². The van der Waals surface area contributed by atoms with Gasteiger partial charge in [0.25, 0.3) is 5.91 Å². The van der Waals surface area contributed by atoms with Crippen LogP contribution in [0.15, 0.2) is 40.8 Å². The molecule has 30 heavy (non-hydrogen) atoms. The fraction of sp³-hybridized carbons (Fsp3) is 0.435. The van der Waals surface area contributed by atoms with Crippen LogP contribution in [0.5, 0.6) is 0 Å². The maximum atomic E-state index is 12.9. The van der Waals surface area contributed by atoms with Gasteiger partial charge in [-0.05, 0) is 56.4 Å². The van der Waals surface area contributed by atoms with Gasteiger partial charge in [0, 0.05) is 32.1 Å². The van der Waals surface area contributed by atoms with E-state index in [4.69, 9.17) is 4.42 Å². The Morgan fingerprint density at radius 3 is 2.47 bits per heavy atom. The maximum Gasteiger partial charge on any atom is 0.289 e. The van der Waals surface area contributed by atoms with Gasteiger partial charge in [0.15, 0.2) is 16.5 Å². The molecule has 0 bridgehead atoms. The topological polar surface area (TPSA) is 66.7 Å². The van der Waals surface area contributed by atoms with E-state index in [0.29, 0.717) is 24.6 Å². The van der Waals surface area contributed by atoms with Crippen LogP contribution in [-0.4, -0.2) is 52.8 Å². The SMILES string of the molecule is O=C(c1ccc(-c2nc3ccccc3s2)o1)N1CCC(C(=O)N2CCCCC2)CC1. The van der Waals surface area contributed by atoms with Crippen molar-refractivity contribution < 1.29 is 14.0 Å². The number of amides is 2. The molecule has 5 rings (SSSR count). The van der Waals surface area contributed by atoms with Crippen LogP contribution in [0, 0.1) is 5.92 Å². The number of carbonyl (C=O) groups excluding carboxylic acids is 2. The molecule has 3 aromatic rings. The summed E-state index contributed by atoms with van der Waals surface area (Å²) in [6.07, 6.45) is 4.90. The van der Waals surface area contributed by atoms with E-state index in [1.165, 1.54) is 6.42 Å². The zero-order chi connectivity index (χ0) is 20.5. The number of likely N-dealkylation sites (tertiary alicyclic amines) is 2. The summed E-state index contributed by atoms with van der Waals surface area (Å²) in [6, 6.07) is 11.5. The summed E-state index contributed by atoms with van der Waals surface area (Å²) >= 11 is 1.56. The lowest BCUT2D eigenvalue weighted by atomic mass is 9.94. The largest absolute Gasteiger partial charge is 0.448 e. The van der Waals surface area contributed by atoms with E-state index < -0.39 is 0 Å². The number of piperidine rings is 2. The average Bonchev–Trinajstić information content (AvgIpc) is 3.46. The van der Waals surface area contributed by atoms with Gasteiger partial charge < -0.3 is 14.2 Å². The lowest BCUT2D eigenvalue weighted by Gasteiger charge is -2.35. The smallest absolute Gasteiger partial charge is 0.289 e. The fourth-order valence-electron chi connectivity index (χ4n) is 4.40. The van der Waals surface area contributed by atoms with Gasteiger partial charge in [-0.25, -0.2) is 4.98 Å². The lowest BCUT2D eigenvalue weighted by molar-refractivity contribution is -0.137. The molecule has 0 radical (unpaired) electrons. The third kappa shape index (κ3) is 3.74. The molecule has 0 atom stereocenters. The zero-order valence-electron chi connectivity index (χ0n) is 16.9. The molecule has 2 amide bonds. The van der Waals surface area contributed by atoms with Crippen molar-refractivity contribution in [2.45, 2.75) is 32.1 Å². The highest BCUT2D eigenvalue weighted by molar-refractivity contribution is 7.21. The van der Waals surface area contributed by atoms with Crippen LogP contribution < -0.4 is 0 Å². The predicted octanol–water partition coefficient (Wildman–Crippen LogP) is 4.42. The monoisotopic (exact) mass is 423 g/mol. The number of rotatable bonds is 3. The van der Waals surface area contributed by atoms with Crippen LogP contribution in [-0.2, 0) is 4.79 Å². The number of furan rings is 1. The predicted molar refractivity (Wildman–Crippen MR) is 116 cm³/mol. The Hall–Kier alpha value is -2.67. The molecule has 156 valence electrons. The number of aromatic nitrogens is 1. The van der Waals surface area contributed by atoms with Crippen molar-refractivity contribution in [2.24, 2.45) is 5.92 Å². The Kier molecular flexibility index (Phi) is 5.29. The average molecular weight is 424 g/mol. The summed E-state index contributed by atoms with van der Waals surface area (Å²) in [4.78, 5) is 34.1. The quantitative estimate of drug-likeness (QED) is 0.625. The molecule has 2 aliphatic rings. The molecule has 0 saturated carbocycles. The van der Waals surface area contributed by atoms with E-state index >= 15 is 0 Å². The highest BCUT2D eigenvalue weighted by atomic mass is 32.1. The summed E-state index contributed by atoms with van der Waals surface area (Å²) in [5, 5.41) is 0.779. The van der Waals surface area contributed by atoms with Crippen LogP contribution >= 0.6 is 11.3 Å². The number of carbonyl (C=O) groups is 2. The Morgan fingerprint density at radius 2 is 1.70 bits per heavy atom. The number of nitrogens with zero attached hydrogens (tertiary/aromatic N) is 3. The van der Waals surface area contributed by atoms with Crippen LogP contribution in [0.3, 0.4) is 0 Å². The van der Waals surface area contributed by atoms with Crippen molar-refractivity contribution >= 4 is 33.4 Å². The number of hydrogen-bond acceptors (Lipinski definition) is 5. The second-order valence-corrected chi connectivity index (χ2v) is 9.13. The van der Waals surface area contributed by atoms with Crippen molar-refractivity contribution in [2.75, 3.05) is 26.2 Å². The Balaban J connectivity index is 1.22. The first-order chi connectivity index (χ1) is 14.7. The number of hydrogen-bond donors (Lipinski definition) is 0. The number of thiazole rings is 1. The first kappa shape index (κ1) is 19.3. The summed E-state index contributed by atoms with van der Waals surface area (Å²) in [5.41, 5.74) is 0.933. The third-order valence-electron chi connectivity index (χ3n) is 6.12. The molecule has 4 heterocycles. The van der Waals surface area contributed by atoms with Crippen molar-refractivity contribution in [1.82, 2.24) is 14.8 Å². The van der Waals surface area contributed by atoms with E-state index in [0.717, 1.165) is 54.0 Å². The second-order valence-electron chi connectivity index (χ2n) is 8.10. The third-order valence-corrected chi connectivity index (χ3v) is 7.17. The van der Waals surface area contributed by atoms with Crippen LogP contribution in [0.2, 0.25) is 0 Å². The van der Waals surface area contributed by atoms with Crippen LogP contribution in [0.4, 0.5) is 0 Å². The van der Waals surface area contributed by atoms with E-state index in [-0.39, 0.29) is 17.7 Å². The minimum Gasteiger partial charge on any atom is -0.448 e. The molecule has 7 heteroatoms. The molecular weight excluding hydrogens is 398 g/mol. The maximum absolute atomic E-state index is 12.9. The number of fused-ring (bicyclic) bond motifs is 1. The Bertz CT molecular complexity index is 1030. The molecule has 2 aromatic heterocycles. The highest BCUT2D eigenvalue weighted by Gasteiger charge is 2.31. The van der Waals surface area contributed by atoms with Crippen molar-refractivity contribution in [3.05, 3.63) is 42.2 Å². The summed E-state index contributed by atoms with van der Waals surface area (Å²) < 4.78 is 6.96. The second kappa shape index (κ2) is 8.22. The first-order valence-corrected chi connectivity index (χ1v) is 11.5. The highest BCUT2D eigenvalue weighted by Crippen LogP contribution is 2.32. The lowest BCUT2D eigenvalue weighted by Crippen LogP contribution is -2.45. The molecule has 2 fully saturated rings. The van der Waals surface area contributed by atoms with Gasteiger partial charge >= 0.3 is 0 Å². The van der Waals surface area contributed by atoms with Crippen molar-refractivity contribution in [3.8, 4) is 10.8 Å². The van der Waals surface area contributed by atoms with Gasteiger partial charge in [-0.15, -0.1) is 11.3 Å². The van der Waals surface area contributed by atoms with Crippen LogP contribution in [0.25, 0.3) is 21.0 Å². The molecule has 0 N–H and O–H groups in total. The molecule has 0 aliphatic carbocycles. The standard InChI is InChI=1S/C23H25N3O3S/c27-22(25-12-4-1-5-13-25)16-10-14-26(15-11-16)23(28)19-9-8-18(29-19)21-24-17-6-2-3-7-20(17)30-21/h2-3,6-9,16H,1,4-5,10-15H2. The van der Waals surface area contributed by atoms with Gasteiger partial charge in [-0.3, -0.25) is 9.59 Å². The molecule has 2 saturated heterocycles. The van der Waals surface area contributed by atoms with Gasteiger partial charge in [-0.1, -0.05) is 12.1 Å². The van der Waals surface area contributed by atoms with E-state index in [1.54, 1.807) is 22.3 Å².